The van der Waals surface area contributed by atoms with Crippen LogP contribution in [0, 0.1) is 17.7 Å². The van der Waals surface area contributed by atoms with Crippen LogP contribution in [-0.4, -0.2) is 28.3 Å². The van der Waals surface area contributed by atoms with Gasteiger partial charge < -0.3 is 16.2 Å². The zero-order chi connectivity index (χ0) is 20.5. The number of rotatable bonds is 1. The number of amidine groups is 1. The molecule has 3 rings (SSSR count). The molecule has 0 spiro atoms. The van der Waals surface area contributed by atoms with E-state index in [9.17, 15) is 17.6 Å². The number of aliphatic imine (C=N–C) groups is 1. The largest absolute Gasteiger partial charge is 0.452 e. The monoisotopic (exact) mass is 393 g/mol. The van der Waals surface area contributed by atoms with E-state index < -0.39 is 36.1 Å². The van der Waals surface area contributed by atoms with Crippen LogP contribution in [0.25, 0.3) is 0 Å². The summed E-state index contributed by atoms with van der Waals surface area (Å²) in [5, 5.41) is 0. The molecule has 1 aliphatic heterocycles. The van der Waals surface area contributed by atoms with Crippen molar-refractivity contribution in [3.05, 3.63) is 53.1 Å². The van der Waals surface area contributed by atoms with Crippen molar-refractivity contribution in [3.8, 4) is 11.8 Å². The first-order valence-corrected chi connectivity index (χ1v) is 8.05. The second-order valence-electron chi connectivity index (χ2n) is 6.35. The van der Waals surface area contributed by atoms with Gasteiger partial charge in [0.25, 0.3) is 6.02 Å². The Morgan fingerprint density at radius 1 is 1.14 bits per heavy atom. The molecule has 10 heteroatoms. The lowest BCUT2D eigenvalue weighted by molar-refractivity contribution is -0.208. The van der Waals surface area contributed by atoms with Gasteiger partial charge in [0.15, 0.2) is 6.10 Å². The minimum Gasteiger partial charge on any atom is -0.452 e. The molecule has 2 atom stereocenters. The fraction of sp³-hybridized carbons (Fsp3) is 0.278. The average molecular weight is 393 g/mol. The Balaban J connectivity index is 1.97. The number of alkyl halides is 3. The third kappa shape index (κ3) is 4.14. The minimum absolute atomic E-state index is 0.0617. The molecule has 2 heterocycles. The SMILES string of the molecule is C[C@@]1(c2cc(C#Cc3cnc(N)nc3)ccc2F)C[C@@H](C(F)(F)F)OC(N)=N1. The fourth-order valence-corrected chi connectivity index (χ4v) is 2.78. The lowest BCUT2D eigenvalue weighted by Gasteiger charge is -2.35. The highest BCUT2D eigenvalue weighted by Gasteiger charge is 2.50. The lowest BCUT2D eigenvalue weighted by atomic mass is 9.85. The van der Waals surface area contributed by atoms with Gasteiger partial charge in [-0.2, -0.15) is 13.2 Å². The first-order valence-electron chi connectivity index (χ1n) is 8.05. The van der Waals surface area contributed by atoms with Crippen molar-refractivity contribution in [2.45, 2.75) is 31.2 Å². The maximum atomic E-state index is 14.4. The molecular weight excluding hydrogens is 378 g/mol. The van der Waals surface area contributed by atoms with Crippen molar-refractivity contribution < 1.29 is 22.3 Å². The maximum absolute atomic E-state index is 14.4. The molecular formula is C18H15F4N5O. The van der Waals surface area contributed by atoms with Gasteiger partial charge in [-0.3, -0.25) is 0 Å². The lowest BCUT2D eigenvalue weighted by Crippen LogP contribution is -2.46. The number of halogens is 4. The number of nitrogen functional groups attached to an aromatic ring is 1. The summed E-state index contributed by atoms with van der Waals surface area (Å²) in [6.07, 6.45) is -4.63. The third-order valence-electron chi connectivity index (χ3n) is 4.14. The zero-order valence-electron chi connectivity index (χ0n) is 14.6. The van der Waals surface area contributed by atoms with Gasteiger partial charge in [-0.15, -0.1) is 0 Å². The van der Waals surface area contributed by atoms with Gasteiger partial charge in [-0.05, 0) is 25.1 Å². The summed E-state index contributed by atoms with van der Waals surface area (Å²) in [6.45, 7) is 1.37. The average Bonchev–Trinajstić information content (AvgIpc) is 2.61. The van der Waals surface area contributed by atoms with E-state index in [0.717, 1.165) is 6.07 Å². The molecule has 1 aromatic heterocycles. The Labute approximate surface area is 157 Å². The van der Waals surface area contributed by atoms with E-state index >= 15 is 0 Å². The molecule has 0 aliphatic carbocycles. The Bertz CT molecular complexity index is 978. The molecule has 0 bridgehead atoms. The zero-order valence-corrected chi connectivity index (χ0v) is 14.6. The summed E-state index contributed by atoms with van der Waals surface area (Å²) >= 11 is 0. The number of nitrogens with two attached hydrogens (primary N) is 2. The van der Waals surface area contributed by atoms with E-state index in [1.54, 1.807) is 0 Å². The Kier molecular flexibility index (Phi) is 4.85. The van der Waals surface area contributed by atoms with Crippen LogP contribution in [-0.2, 0) is 10.3 Å². The van der Waals surface area contributed by atoms with E-state index in [4.69, 9.17) is 11.5 Å². The van der Waals surface area contributed by atoms with Crippen LogP contribution in [0.15, 0.2) is 35.6 Å². The molecule has 0 amide bonds. The van der Waals surface area contributed by atoms with Crippen LogP contribution in [0.1, 0.15) is 30.0 Å². The van der Waals surface area contributed by atoms with E-state index in [2.05, 4.69) is 31.5 Å². The first kappa shape index (κ1) is 19.4. The summed E-state index contributed by atoms with van der Waals surface area (Å²) in [6, 6.07) is 3.22. The Morgan fingerprint density at radius 3 is 2.43 bits per heavy atom. The molecule has 0 radical (unpaired) electrons. The van der Waals surface area contributed by atoms with E-state index in [0.29, 0.717) is 11.1 Å². The van der Waals surface area contributed by atoms with Crippen molar-refractivity contribution in [3.63, 3.8) is 0 Å². The molecule has 28 heavy (non-hydrogen) atoms. The summed E-state index contributed by atoms with van der Waals surface area (Å²) in [4.78, 5) is 11.5. The Morgan fingerprint density at radius 2 is 1.79 bits per heavy atom. The van der Waals surface area contributed by atoms with Crippen LogP contribution in [0.3, 0.4) is 0 Å². The molecule has 1 aromatic carbocycles. The predicted octanol–water partition coefficient (Wildman–Crippen LogP) is 2.48. The van der Waals surface area contributed by atoms with Gasteiger partial charge in [-0.1, -0.05) is 11.8 Å². The van der Waals surface area contributed by atoms with Gasteiger partial charge >= 0.3 is 6.18 Å². The smallest absolute Gasteiger partial charge is 0.425 e. The van der Waals surface area contributed by atoms with Gasteiger partial charge in [-0.25, -0.2) is 19.4 Å². The normalized spacial score (nSPS) is 21.9. The number of benzene rings is 1. The number of aromatic nitrogens is 2. The van der Waals surface area contributed by atoms with Gasteiger partial charge in [0.1, 0.15) is 5.82 Å². The number of nitrogens with zero attached hydrogens (tertiary/aromatic N) is 3. The molecule has 146 valence electrons. The van der Waals surface area contributed by atoms with Crippen LogP contribution in [0.5, 0.6) is 0 Å². The topological polar surface area (TPSA) is 99.4 Å². The van der Waals surface area contributed by atoms with Crippen LogP contribution in [0.2, 0.25) is 0 Å². The van der Waals surface area contributed by atoms with Crippen molar-refractivity contribution in [1.29, 1.82) is 0 Å². The van der Waals surface area contributed by atoms with E-state index in [1.165, 1.54) is 31.5 Å². The van der Waals surface area contributed by atoms with Crippen molar-refractivity contribution in [2.24, 2.45) is 10.7 Å². The maximum Gasteiger partial charge on any atom is 0.425 e. The molecule has 4 N–H and O–H groups in total. The highest BCUT2D eigenvalue weighted by Crippen LogP contribution is 2.40. The summed E-state index contributed by atoms with van der Waals surface area (Å²) in [7, 11) is 0. The number of hydrogen-bond acceptors (Lipinski definition) is 6. The van der Waals surface area contributed by atoms with Gasteiger partial charge in [0.2, 0.25) is 5.95 Å². The summed E-state index contributed by atoms with van der Waals surface area (Å²) in [5.41, 5.74) is 10.0. The molecule has 2 aromatic rings. The molecule has 0 saturated heterocycles. The second-order valence-corrected chi connectivity index (χ2v) is 6.35. The predicted molar refractivity (Wildman–Crippen MR) is 93.3 cm³/mol. The number of anilines is 1. The fourth-order valence-electron chi connectivity index (χ4n) is 2.78. The second kappa shape index (κ2) is 6.99. The standard InChI is InChI=1S/C18H15F4N5O/c1-17(7-14(18(20,21)22)28-16(24)27-17)12-6-10(4-5-13(12)19)2-3-11-8-25-15(23)26-9-11/h4-6,8-9,14H,7H2,1H3,(H2,24,27)(H2,23,25,26)/t14-,17-/m0/s1. The van der Waals surface area contributed by atoms with Crippen LogP contribution < -0.4 is 11.5 Å². The molecule has 0 fully saturated rings. The number of ether oxygens (including phenoxy) is 1. The highest BCUT2D eigenvalue weighted by atomic mass is 19.4. The molecule has 6 nitrogen and oxygen atoms in total. The molecule has 1 aliphatic rings. The summed E-state index contributed by atoms with van der Waals surface area (Å²) < 4.78 is 58.4. The minimum atomic E-state index is -4.66. The summed E-state index contributed by atoms with van der Waals surface area (Å²) in [5.74, 6) is 4.94. The Hall–Kier alpha value is -3.35. The van der Waals surface area contributed by atoms with Crippen LogP contribution >= 0.6 is 0 Å². The first-order chi connectivity index (χ1) is 13.1. The van der Waals surface area contributed by atoms with Crippen molar-refractivity contribution >= 4 is 12.0 Å². The molecule has 0 unspecified atom stereocenters. The third-order valence-corrected chi connectivity index (χ3v) is 4.14. The number of hydrogen-bond donors (Lipinski definition) is 2. The molecule has 0 saturated carbocycles. The van der Waals surface area contributed by atoms with Gasteiger partial charge in [0.05, 0.1) is 11.1 Å². The van der Waals surface area contributed by atoms with Crippen molar-refractivity contribution in [2.75, 3.05) is 5.73 Å². The van der Waals surface area contributed by atoms with Gasteiger partial charge in [0, 0.05) is 29.9 Å². The quantitative estimate of drug-likeness (QED) is 0.573. The van der Waals surface area contributed by atoms with Crippen molar-refractivity contribution in [1.82, 2.24) is 9.97 Å². The van der Waals surface area contributed by atoms with E-state index in [1.807, 2.05) is 0 Å². The van der Waals surface area contributed by atoms with E-state index in [-0.39, 0.29) is 11.5 Å². The van der Waals surface area contributed by atoms with Crippen LogP contribution in [0.4, 0.5) is 23.5 Å². The highest BCUT2D eigenvalue weighted by molar-refractivity contribution is 5.73.